The second kappa shape index (κ2) is 7.27. The summed E-state index contributed by atoms with van der Waals surface area (Å²) < 4.78 is 24.1. The van der Waals surface area contributed by atoms with Crippen LogP contribution in [0.1, 0.15) is 30.1 Å². The number of rotatable bonds is 6. The van der Waals surface area contributed by atoms with Crippen molar-refractivity contribution in [3.63, 3.8) is 0 Å². The van der Waals surface area contributed by atoms with Crippen molar-refractivity contribution in [1.82, 2.24) is 5.32 Å². The summed E-state index contributed by atoms with van der Waals surface area (Å²) in [5.74, 6) is -2.59. The number of nitrogens with one attached hydrogen (secondary N) is 1. The van der Waals surface area contributed by atoms with Crippen molar-refractivity contribution < 1.29 is 13.6 Å². The van der Waals surface area contributed by atoms with Crippen LogP contribution in [-0.2, 0) is 0 Å². The fourth-order valence-corrected chi connectivity index (χ4v) is 1.77. The van der Waals surface area contributed by atoms with Crippen LogP contribution in [0.2, 0.25) is 0 Å². The van der Waals surface area contributed by atoms with E-state index in [0.29, 0.717) is 28.8 Å². The molecule has 0 saturated carbocycles. The number of alkyl halides is 2. The topological polar surface area (TPSA) is 29.1 Å². The third-order valence-electron chi connectivity index (χ3n) is 2.16. The molecule has 2 nitrogen and oxygen atoms in total. The van der Waals surface area contributed by atoms with Crippen molar-refractivity contribution in [2.24, 2.45) is 0 Å². The minimum Gasteiger partial charge on any atom is -0.352 e. The third kappa shape index (κ3) is 5.17. The third-order valence-corrected chi connectivity index (χ3v) is 2.88. The molecule has 0 fully saturated rings. The van der Waals surface area contributed by atoms with Gasteiger partial charge in [0.05, 0.1) is 0 Å². The number of carbonyl (C=O) groups is 1. The number of hydrogen-bond donors (Lipinski definition) is 1. The van der Waals surface area contributed by atoms with Gasteiger partial charge in [0, 0.05) is 17.0 Å². The van der Waals surface area contributed by atoms with E-state index in [0.717, 1.165) is 12.8 Å². The zero-order valence-electron chi connectivity index (χ0n) is 9.58. The lowest BCUT2D eigenvalue weighted by Gasteiger charge is -2.05. The molecule has 0 atom stereocenters. The molecule has 0 radical (unpaired) electrons. The van der Waals surface area contributed by atoms with Crippen LogP contribution in [0, 0.1) is 0 Å². The van der Waals surface area contributed by atoms with E-state index in [1.165, 1.54) is 12.1 Å². The van der Waals surface area contributed by atoms with Gasteiger partial charge >= 0.3 is 0 Å². The Morgan fingerprint density at radius 2 is 2.00 bits per heavy atom. The van der Waals surface area contributed by atoms with Gasteiger partial charge in [-0.1, -0.05) is 25.1 Å². The Balaban J connectivity index is 2.52. The van der Waals surface area contributed by atoms with Crippen molar-refractivity contribution in [2.75, 3.05) is 6.54 Å². The highest BCUT2D eigenvalue weighted by Gasteiger charge is 2.07. The lowest BCUT2D eigenvalue weighted by Crippen LogP contribution is -2.24. The molecule has 0 aromatic heterocycles. The number of halogens is 2. The number of unbranched alkanes of at least 4 members (excludes halogenated alkanes) is 1. The molecule has 0 aliphatic heterocycles. The summed E-state index contributed by atoms with van der Waals surface area (Å²) in [6, 6.07) is 6.19. The van der Waals surface area contributed by atoms with E-state index in [2.05, 4.69) is 5.32 Å². The molecule has 0 saturated heterocycles. The fraction of sp³-hybridized carbons (Fsp3) is 0.417. The van der Waals surface area contributed by atoms with E-state index < -0.39 is 5.76 Å². The van der Waals surface area contributed by atoms with Crippen LogP contribution in [0.15, 0.2) is 29.2 Å². The highest BCUT2D eigenvalue weighted by Crippen LogP contribution is 2.24. The smallest absolute Gasteiger partial charge is 0.288 e. The molecule has 17 heavy (non-hydrogen) atoms. The average molecular weight is 259 g/mol. The van der Waals surface area contributed by atoms with Crippen molar-refractivity contribution >= 4 is 17.7 Å². The molecular formula is C12H15F2NOS. The number of thioether (sulfide) groups is 1. The Morgan fingerprint density at radius 1 is 1.35 bits per heavy atom. The zero-order valence-corrected chi connectivity index (χ0v) is 10.4. The quantitative estimate of drug-likeness (QED) is 0.625. The van der Waals surface area contributed by atoms with E-state index >= 15 is 0 Å². The van der Waals surface area contributed by atoms with Gasteiger partial charge in [-0.15, -0.1) is 0 Å². The monoisotopic (exact) mass is 259 g/mol. The van der Waals surface area contributed by atoms with Crippen LogP contribution in [0.4, 0.5) is 8.78 Å². The van der Waals surface area contributed by atoms with Crippen molar-refractivity contribution in [2.45, 2.75) is 30.4 Å². The molecule has 0 bridgehead atoms. The van der Waals surface area contributed by atoms with Gasteiger partial charge < -0.3 is 5.32 Å². The van der Waals surface area contributed by atoms with Gasteiger partial charge in [0.15, 0.2) is 0 Å². The Bertz CT molecular complexity index is 354. The first-order valence-corrected chi connectivity index (χ1v) is 6.34. The number of amides is 1. The van der Waals surface area contributed by atoms with Gasteiger partial charge in [-0.2, -0.15) is 8.78 Å². The summed E-state index contributed by atoms with van der Waals surface area (Å²) in [6.07, 6.45) is 1.95. The lowest BCUT2D eigenvalue weighted by atomic mass is 10.2. The SMILES string of the molecule is CCCCNC(=O)c1ccc(SC(F)F)cc1. The Hall–Kier alpha value is -1.10. The van der Waals surface area contributed by atoms with Crippen molar-refractivity contribution in [1.29, 1.82) is 0 Å². The molecule has 0 heterocycles. The van der Waals surface area contributed by atoms with E-state index in [4.69, 9.17) is 0 Å². The van der Waals surface area contributed by atoms with Crippen LogP contribution >= 0.6 is 11.8 Å². The van der Waals surface area contributed by atoms with E-state index in [9.17, 15) is 13.6 Å². The Labute approximate surface area is 104 Å². The van der Waals surface area contributed by atoms with E-state index in [-0.39, 0.29) is 5.91 Å². The molecule has 0 unspecified atom stereocenters. The van der Waals surface area contributed by atoms with Gasteiger partial charge in [-0.25, -0.2) is 0 Å². The highest BCUT2D eigenvalue weighted by molar-refractivity contribution is 7.99. The average Bonchev–Trinajstić information content (AvgIpc) is 2.29. The predicted molar refractivity (Wildman–Crippen MR) is 65.5 cm³/mol. The van der Waals surface area contributed by atoms with Gasteiger partial charge in [0.2, 0.25) is 0 Å². The van der Waals surface area contributed by atoms with Crippen LogP contribution in [0.25, 0.3) is 0 Å². The molecule has 0 aliphatic rings. The van der Waals surface area contributed by atoms with Crippen LogP contribution in [-0.4, -0.2) is 18.2 Å². The number of benzene rings is 1. The second-order valence-corrected chi connectivity index (χ2v) is 4.58. The number of hydrogen-bond acceptors (Lipinski definition) is 2. The van der Waals surface area contributed by atoms with Gasteiger partial charge in [-0.3, -0.25) is 4.79 Å². The maximum absolute atomic E-state index is 12.1. The first kappa shape index (κ1) is 14.0. The number of carbonyl (C=O) groups excluding carboxylic acids is 1. The summed E-state index contributed by atoms with van der Waals surface area (Å²) in [6.45, 7) is 2.69. The lowest BCUT2D eigenvalue weighted by molar-refractivity contribution is 0.0953. The minimum absolute atomic E-state index is 0.160. The molecule has 1 rings (SSSR count). The van der Waals surface area contributed by atoms with Crippen LogP contribution in [0.5, 0.6) is 0 Å². The molecule has 1 N–H and O–H groups in total. The molecule has 94 valence electrons. The highest BCUT2D eigenvalue weighted by atomic mass is 32.2. The molecule has 1 aromatic carbocycles. The fourth-order valence-electron chi connectivity index (χ4n) is 1.27. The molecule has 1 amide bonds. The summed E-state index contributed by atoms with van der Waals surface area (Å²) in [5.41, 5.74) is 0.500. The van der Waals surface area contributed by atoms with Gasteiger partial charge in [0.1, 0.15) is 0 Å². The van der Waals surface area contributed by atoms with Crippen LogP contribution < -0.4 is 5.32 Å². The maximum atomic E-state index is 12.1. The first-order chi connectivity index (χ1) is 8.13. The van der Waals surface area contributed by atoms with Gasteiger partial charge in [-0.05, 0) is 30.7 Å². The molecule has 5 heteroatoms. The standard InChI is InChI=1S/C12H15F2NOS/c1-2-3-8-15-11(16)9-4-6-10(7-5-9)17-12(13)14/h4-7,12H,2-3,8H2,1H3,(H,15,16). The molecule has 0 spiro atoms. The van der Waals surface area contributed by atoms with Gasteiger partial charge in [0.25, 0.3) is 11.7 Å². The summed E-state index contributed by atoms with van der Waals surface area (Å²) >= 11 is 0.475. The molecule has 1 aromatic rings. The predicted octanol–water partition coefficient (Wildman–Crippen LogP) is 3.53. The molecule has 0 aliphatic carbocycles. The summed E-state index contributed by atoms with van der Waals surface area (Å²) in [4.78, 5) is 12.0. The normalized spacial score (nSPS) is 10.6. The zero-order chi connectivity index (χ0) is 12.7. The first-order valence-electron chi connectivity index (χ1n) is 5.46. The summed E-state index contributed by atoms with van der Waals surface area (Å²) in [7, 11) is 0. The largest absolute Gasteiger partial charge is 0.352 e. The maximum Gasteiger partial charge on any atom is 0.288 e. The molecular weight excluding hydrogens is 244 g/mol. The van der Waals surface area contributed by atoms with E-state index in [1.54, 1.807) is 12.1 Å². The van der Waals surface area contributed by atoms with Crippen molar-refractivity contribution in [3.8, 4) is 0 Å². The van der Waals surface area contributed by atoms with Crippen molar-refractivity contribution in [3.05, 3.63) is 29.8 Å². The van der Waals surface area contributed by atoms with Crippen LogP contribution in [0.3, 0.4) is 0 Å². The summed E-state index contributed by atoms with van der Waals surface area (Å²) in [5, 5.41) is 2.77. The second-order valence-electron chi connectivity index (χ2n) is 3.51. The minimum atomic E-state index is -2.43. The van der Waals surface area contributed by atoms with E-state index in [1.807, 2.05) is 6.92 Å². The Morgan fingerprint density at radius 3 is 2.53 bits per heavy atom. The Kier molecular flexibility index (Phi) is 5.97.